The molecule has 2 aromatic rings. The van der Waals surface area contributed by atoms with Gasteiger partial charge in [-0.05, 0) is 74.2 Å². The van der Waals surface area contributed by atoms with E-state index in [-0.39, 0.29) is 11.2 Å². The van der Waals surface area contributed by atoms with E-state index in [1.54, 1.807) is 7.11 Å². The number of piperidine rings is 1. The average molecular weight is 450 g/mol. The smallest absolute Gasteiger partial charge is 0.497 e. The molecule has 1 aliphatic heterocycles. The summed E-state index contributed by atoms with van der Waals surface area (Å²) in [6.45, 7) is 3.69. The lowest BCUT2D eigenvalue weighted by Crippen LogP contribution is -2.49. The Morgan fingerprint density at radius 1 is 0.938 bits per heavy atom. The molecule has 1 atom stereocenters. The highest BCUT2D eigenvalue weighted by Gasteiger charge is 2.40. The molecule has 0 bridgehead atoms. The summed E-state index contributed by atoms with van der Waals surface area (Å²) in [6.07, 6.45) is 1.23. The number of hydrogen-bond donors (Lipinski definition) is 0. The summed E-state index contributed by atoms with van der Waals surface area (Å²) in [6, 6.07) is 14.1. The molecule has 2 aromatic carbocycles. The number of alkyl halides is 3. The first kappa shape index (κ1) is 22.8. The summed E-state index contributed by atoms with van der Waals surface area (Å²) >= 11 is 0. The number of hydrogen-bond acceptors (Lipinski definition) is 4. The predicted octanol–water partition coefficient (Wildman–Crippen LogP) is 5.81. The van der Waals surface area contributed by atoms with Gasteiger partial charge in [-0.3, -0.25) is 0 Å². The van der Waals surface area contributed by atoms with Crippen LogP contribution in [0.25, 0.3) is 0 Å². The summed E-state index contributed by atoms with van der Waals surface area (Å²) in [7, 11) is 1.69. The Labute approximate surface area is 187 Å². The lowest BCUT2D eigenvalue weighted by Gasteiger charge is -2.47. The third-order valence-electron chi connectivity index (χ3n) is 6.69. The first-order valence-corrected chi connectivity index (χ1v) is 11.2. The van der Waals surface area contributed by atoms with Gasteiger partial charge >= 0.3 is 6.36 Å². The van der Waals surface area contributed by atoms with Crippen LogP contribution in [0.2, 0.25) is 0 Å². The van der Waals surface area contributed by atoms with Crippen LogP contribution in [-0.4, -0.2) is 44.6 Å². The maximum Gasteiger partial charge on any atom is 0.573 e. The Morgan fingerprint density at radius 2 is 1.59 bits per heavy atom. The van der Waals surface area contributed by atoms with E-state index in [9.17, 15) is 13.2 Å². The quantitative estimate of drug-likeness (QED) is 0.509. The zero-order valence-electron chi connectivity index (χ0n) is 18.4. The summed E-state index contributed by atoms with van der Waals surface area (Å²) in [5.74, 6) is 1.61. The molecule has 1 aliphatic carbocycles. The molecule has 4 nitrogen and oxygen atoms in total. The minimum Gasteiger partial charge on any atom is -0.497 e. The molecule has 0 unspecified atom stereocenters. The van der Waals surface area contributed by atoms with Crippen molar-refractivity contribution in [3.63, 3.8) is 0 Å². The summed E-state index contributed by atoms with van der Waals surface area (Å²) in [5, 5.41) is 0. The Hall–Kier alpha value is -2.41. The molecule has 4 rings (SSSR count). The number of halogens is 3. The van der Waals surface area contributed by atoms with Gasteiger partial charge in [-0.2, -0.15) is 0 Å². The highest BCUT2D eigenvalue weighted by atomic mass is 19.4. The van der Waals surface area contributed by atoms with Gasteiger partial charge in [-0.25, -0.2) is 0 Å². The first-order valence-electron chi connectivity index (χ1n) is 11.2. The van der Waals surface area contributed by atoms with Gasteiger partial charge in [0, 0.05) is 24.4 Å². The number of rotatable bonds is 8. The van der Waals surface area contributed by atoms with Crippen molar-refractivity contribution in [3.05, 3.63) is 54.1 Å². The van der Waals surface area contributed by atoms with Crippen molar-refractivity contribution >= 4 is 0 Å². The van der Waals surface area contributed by atoms with Gasteiger partial charge < -0.3 is 19.1 Å². The molecule has 32 heavy (non-hydrogen) atoms. The molecule has 2 fully saturated rings. The minimum atomic E-state index is -4.68. The molecule has 0 spiro atoms. The van der Waals surface area contributed by atoms with Gasteiger partial charge in [-0.1, -0.05) is 18.6 Å². The number of methoxy groups -OCH3 is 1. The molecule has 1 saturated heterocycles. The average Bonchev–Trinajstić information content (AvgIpc) is 2.75. The normalized spacial score (nSPS) is 20.9. The number of benzene rings is 2. The van der Waals surface area contributed by atoms with Gasteiger partial charge in [-0.15, -0.1) is 13.2 Å². The zero-order valence-corrected chi connectivity index (χ0v) is 18.4. The topological polar surface area (TPSA) is 30.9 Å². The number of ether oxygens (including phenoxy) is 3. The third kappa shape index (κ3) is 5.68. The molecule has 7 heteroatoms. The third-order valence-corrected chi connectivity index (χ3v) is 6.69. The van der Waals surface area contributed by atoms with Gasteiger partial charge in [0.2, 0.25) is 0 Å². The Morgan fingerprint density at radius 3 is 2.19 bits per heavy atom. The molecule has 174 valence electrons. The van der Waals surface area contributed by atoms with Crippen molar-refractivity contribution in [1.82, 2.24) is 4.90 Å². The van der Waals surface area contributed by atoms with Crippen molar-refractivity contribution in [2.45, 2.75) is 43.9 Å². The van der Waals surface area contributed by atoms with Gasteiger partial charge in [0.15, 0.2) is 0 Å². The van der Waals surface area contributed by atoms with Crippen LogP contribution >= 0.6 is 0 Å². The van der Waals surface area contributed by atoms with Gasteiger partial charge in [0.25, 0.3) is 0 Å². The maximum absolute atomic E-state index is 12.3. The fourth-order valence-corrected chi connectivity index (χ4v) is 4.90. The summed E-state index contributed by atoms with van der Waals surface area (Å²) < 4.78 is 52.0. The molecule has 0 N–H and O–H groups in total. The minimum absolute atomic E-state index is 0.226. The summed E-state index contributed by atoms with van der Waals surface area (Å²) in [5.41, 5.74) is 1.62. The molecule has 0 aromatic heterocycles. The first-order chi connectivity index (χ1) is 15.4. The second-order valence-corrected chi connectivity index (χ2v) is 8.94. The van der Waals surface area contributed by atoms with Gasteiger partial charge in [0.05, 0.1) is 13.7 Å². The van der Waals surface area contributed by atoms with Crippen molar-refractivity contribution in [1.29, 1.82) is 0 Å². The van der Waals surface area contributed by atoms with Crippen molar-refractivity contribution in [2.75, 3.05) is 33.4 Å². The van der Waals surface area contributed by atoms with Crippen LogP contribution in [0, 0.1) is 5.92 Å². The van der Waals surface area contributed by atoms with Gasteiger partial charge in [0.1, 0.15) is 17.2 Å². The fourth-order valence-electron chi connectivity index (χ4n) is 4.90. The van der Waals surface area contributed by atoms with Crippen LogP contribution in [0.15, 0.2) is 48.5 Å². The highest BCUT2D eigenvalue weighted by Crippen LogP contribution is 2.45. The van der Waals surface area contributed by atoms with E-state index in [2.05, 4.69) is 21.8 Å². The van der Waals surface area contributed by atoms with E-state index in [0.717, 1.165) is 38.2 Å². The molecule has 0 amide bonds. The summed E-state index contributed by atoms with van der Waals surface area (Å²) in [4.78, 5) is 2.56. The van der Waals surface area contributed by atoms with Crippen LogP contribution in [0.5, 0.6) is 17.2 Å². The standard InChI is InChI=1S/C25H30F3NO3/c1-30-21-7-5-20(6-8-21)24(13-3-14-24)18-29-15-2-4-19(16-29)17-31-22-9-11-23(12-10-22)32-25(26,27)28/h5-12,19H,2-4,13-18H2,1H3/t19-/m0/s1. The second kappa shape index (κ2) is 9.61. The van der Waals surface area contributed by atoms with E-state index >= 15 is 0 Å². The molecule has 0 radical (unpaired) electrons. The monoisotopic (exact) mass is 449 g/mol. The largest absolute Gasteiger partial charge is 0.573 e. The van der Waals surface area contributed by atoms with E-state index in [1.165, 1.54) is 49.1 Å². The SMILES string of the molecule is COc1ccc(C2(CN3CCC[C@H](COc4ccc(OC(F)(F)F)cc4)C3)CCC2)cc1. The van der Waals surface area contributed by atoms with Crippen molar-refractivity contribution in [2.24, 2.45) is 5.92 Å². The van der Waals surface area contributed by atoms with E-state index < -0.39 is 6.36 Å². The van der Waals surface area contributed by atoms with E-state index in [1.807, 2.05) is 12.1 Å². The van der Waals surface area contributed by atoms with Crippen LogP contribution in [0.3, 0.4) is 0 Å². The molecule has 1 heterocycles. The van der Waals surface area contributed by atoms with Crippen LogP contribution in [0.4, 0.5) is 13.2 Å². The lowest BCUT2D eigenvalue weighted by atomic mass is 9.64. The Kier molecular flexibility index (Phi) is 6.84. The van der Waals surface area contributed by atoms with Crippen molar-refractivity contribution < 1.29 is 27.4 Å². The van der Waals surface area contributed by atoms with Crippen molar-refractivity contribution in [3.8, 4) is 17.2 Å². The number of nitrogens with zero attached hydrogens (tertiary/aromatic N) is 1. The molecule has 2 aliphatic rings. The second-order valence-electron chi connectivity index (χ2n) is 8.94. The highest BCUT2D eigenvalue weighted by molar-refractivity contribution is 5.34. The van der Waals surface area contributed by atoms with E-state index in [0.29, 0.717) is 18.3 Å². The molecular formula is C25H30F3NO3. The Bertz CT molecular complexity index is 863. The molecule has 1 saturated carbocycles. The Balaban J connectivity index is 1.30. The predicted molar refractivity (Wildman–Crippen MR) is 116 cm³/mol. The van der Waals surface area contributed by atoms with Crippen LogP contribution < -0.4 is 14.2 Å². The van der Waals surface area contributed by atoms with E-state index in [4.69, 9.17) is 9.47 Å². The lowest BCUT2D eigenvalue weighted by molar-refractivity contribution is -0.274. The van der Waals surface area contributed by atoms with Crippen LogP contribution in [-0.2, 0) is 5.41 Å². The maximum atomic E-state index is 12.3. The molecular weight excluding hydrogens is 419 g/mol. The van der Waals surface area contributed by atoms with Crippen LogP contribution in [0.1, 0.15) is 37.7 Å². The fraction of sp³-hybridized carbons (Fsp3) is 0.520. The zero-order chi connectivity index (χ0) is 22.6. The number of likely N-dealkylation sites (tertiary alicyclic amines) is 1.